The molecule has 2 aromatic heterocycles. The average molecular weight is 411 g/mol. The second-order valence-corrected chi connectivity index (χ2v) is 9.31. The Morgan fingerprint density at radius 1 is 0.719 bits per heavy atom. The lowest BCUT2D eigenvalue weighted by atomic mass is 9.82. The fourth-order valence-electron chi connectivity index (χ4n) is 5.72. The van der Waals surface area contributed by atoms with Crippen molar-refractivity contribution in [1.29, 1.82) is 0 Å². The minimum absolute atomic E-state index is 0.0174. The fourth-order valence-corrected chi connectivity index (χ4v) is 5.72. The molecule has 2 heteroatoms. The molecule has 0 unspecified atom stereocenters. The molecular formula is C30H22N2. The van der Waals surface area contributed by atoms with Crippen LogP contribution in [0, 0.1) is 0 Å². The van der Waals surface area contributed by atoms with Crippen molar-refractivity contribution in [3.8, 4) is 16.8 Å². The number of hydrogen-bond acceptors (Lipinski definition) is 1. The van der Waals surface area contributed by atoms with Gasteiger partial charge in [-0.15, -0.1) is 0 Å². The van der Waals surface area contributed by atoms with Crippen LogP contribution in [-0.2, 0) is 5.41 Å². The minimum atomic E-state index is -0.0174. The average Bonchev–Trinajstić information content (AvgIpc) is 3.29. The van der Waals surface area contributed by atoms with Gasteiger partial charge >= 0.3 is 0 Å². The standard InChI is InChI=1S/C30H22N2/c1-30(2)25-9-5-3-8-24(25)28-26(30)14-13-23-22-7-4-6-10-27(22)32(29(23)28)21-12-11-20-18-31-16-15-19(20)17-21/h3-18H,1-2H3. The highest BCUT2D eigenvalue weighted by Gasteiger charge is 2.37. The van der Waals surface area contributed by atoms with Crippen LogP contribution in [0.2, 0.25) is 0 Å². The number of aromatic nitrogens is 2. The van der Waals surface area contributed by atoms with Crippen LogP contribution < -0.4 is 0 Å². The molecule has 1 aliphatic rings. The van der Waals surface area contributed by atoms with Gasteiger partial charge in [0.2, 0.25) is 0 Å². The number of benzene rings is 4. The van der Waals surface area contributed by atoms with Crippen molar-refractivity contribution in [2.24, 2.45) is 0 Å². The lowest BCUT2D eigenvalue weighted by molar-refractivity contribution is 0.661. The highest BCUT2D eigenvalue weighted by molar-refractivity contribution is 6.15. The SMILES string of the molecule is CC1(C)c2ccccc2-c2c1ccc1c3ccccc3n(-c3ccc4cnccc4c3)c21. The molecule has 0 amide bonds. The van der Waals surface area contributed by atoms with E-state index in [1.165, 1.54) is 55.1 Å². The third kappa shape index (κ3) is 2.17. The van der Waals surface area contributed by atoms with E-state index in [1.807, 2.05) is 12.4 Å². The first kappa shape index (κ1) is 17.7. The zero-order chi connectivity index (χ0) is 21.4. The van der Waals surface area contributed by atoms with Crippen LogP contribution in [0.15, 0.2) is 97.3 Å². The summed E-state index contributed by atoms with van der Waals surface area (Å²) in [5.74, 6) is 0. The topological polar surface area (TPSA) is 17.8 Å². The molecule has 2 nitrogen and oxygen atoms in total. The van der Waals surface area contributed by atoms with E-state index < -0.39 is 0 Å². The number of fused-ring (bicyclic) bond motifs is 8. The predicted octanol–water partition coefficient (Wildman–Crippen LogP) is 7.64. The van der Waals surface area contributed by atoms with Crippen LogP contribution in [0.1, 0.15) is 25.0 Å². The van der Waals surface area contributed by atoms with Gasteiger partial charge < -0.3 is 4.57 Å². The Bertz CT molecular complexity index is 1700. The molecule has 6 aromatic rings. The molecule has 7 rings (SSSR count). The summed E-state index contributed by atoms with van der Waals surface area (Å²) in [5, 5.41) is 4.97. The molecule has 0 fully saturated rings. The van der Waals surface area contributed by atoms with Gasteiger partial charge in [0, 0.05) is 45.2 Å². The van der Waals surface area contributed by atoms with Crippen LogP contribution >= 0.6 is 0 Å². The number of para-hydroxylation sites is 1. The molecule has 0 N–H and O–H groups in total. The van der Waals surface area contributed by atoms with Crippen LogP contribution in [0.5, 0.6) is 0 Å². The highest BCUT2D eigenvalue weighted by Crippen LogP contribution is 2.52. The third-order valence-electron chi connectivity index (χ3n) is 7.26. The fraction of sp³-hybridized carbons (Fsp3) is 0.100. The third-order valence-corrected chi connectivity index (χ3v) is 7.26. The normalized spacial score (nSPS) is 14.2. The Morgan fingerprint density at radius 2 is 1.56 bits per heavy atom. The second kappa shape index (κ2) is 6.08. The largest absolute Gasteiger partial charge is 0.309 e. The zero-order valence-electron chi connectivity index (χ0n) is 18.1. The number of pyridine rings is 1. The summed E-state index contributed by atoms with van der Waals surface area (Å²) in [6.07, 6.45) is 3.80. The van der Waals surface area contributed by atoms with Crippen molar-refractivity contribution < 1.29 is 0 Å². The summed E-state index contributed by atoms with van der Waals surface area (Å²) in [5.41, 5.74) is 9.24. The first-order chi connectivity index (χ1) is 15.6. The summed E-state index contributed by atoms with van der Waals surface area (Å²) >= 11 is 0. The Morgan fingerprint density at radius 3 is 2.50 bits per heavy atom. The van der Waals surface area contributed by atoms with Gasteiger partial charge in [-0.1, -0.05) is 74.5 Å². The molecule has 0 radical (unpaired) electrons. The minimum Gasteiger partial charge on any atom is -0.309 e. The lowest BCUT2D eigenvalue weighted by Crippen LogP contribution is -2.14. The van der Waals surface area contributed by atoms with Crippen molar-refractivity contribution in [1.82, 2.24) is 9.55 Å². The van der Waals surface area contributed by atoms with Gasteiger partial charge in [0.05, 0.1) is 11.0 Å². The van der Waals surface area contributed by atoms with Crippen LogP contribution in [0.3, 0.4) is 0 Å². The lowest BCUT2D eigenvalue weighted by Gasteiger charge is -2.21. The molecule has 152 valence electrons. The molecular weight excluding hydrogens is 388 g/mol. The second-order valence-electron chi connectivity index (χ2n) is 9.31. The maximum atomic E-state index is 4.29. The quantitative estimate of drug-likeness (QED) is 0.272. The van der Waals surface area contributed by atoms with Gasteiger partial charge in [0.15, 0.2) is 0 Å². The van der Waals surface area contributed by atoms with Crippen molar-refractivity contribution in [2.45, 2.75) is 19.3 Å². The van der Waals surface area contributed by atoms with Gasteiger partial charge in [-0.25, -0.2) is 0 Å². The summed E-state index contributed by atoms with van der Waals surface area (Å²) in [4.78, 5) is 4.29. The molecule has 0 atom stereocenters. The predicted molar refractivity (Wildman–Crippen MR) is 134 cm³/mol. The molecule has 0 spiro atoms. The maximum absolute atomic E-state index is 4.29. The number of nitrogens with zero attached hydrogens (tertiary/aromatic N) is 2. The summed E-state index contributed by atoms with van der Waals surface area (Å²) in [6.45, 7) is 4.69. The molecule has 0 saturated carbocycles. The highest BCUT2D eigenvalue weighted by atomic mass is 15.0. The summed E-state index contributed by atoms with van der Waals surface area (Å²) < 4.78 is 2.46. The smallest absolute Gasteiger partial charge is 0.0622 e. The van der Waals surface area contributed by atoms with E-state index in [9.17, 15) is 0 Å². The Labute approximate surface area is 186 Å². The van der Waals surface area contributed by atoms with Gasteiger partial charge in [-0.05, 0) is 46.3 Å². The van der Waals surface area contributed by atoms with E-state index in [1.54, 1.807) is 0 Å². The maximum Gasteiger partial charge on any atom is 0.0622 e. The van der Waals surface area contributed by atoms with E-state index in [-0.39, 0.29) is 5.41 Å². The Balaban J connectivity index is 1.69. The van der Waals surface area contributed by atoms with Crippen molar-refractivity contribution in [3.05, 3.63) is 108 Å². The van der Waals surface area contributed by atoms with Crippen molar-refractivity contribution >= 4 is 32.6 Å². The molecule has 4 aromatic carbocycles. The van der Waals surface area contributed by atoms with Gasteiger partial charge in [0.25, 0.3) is 0 Å². The zero-order valence-corrected chi connectivity index (χ0v) is 18.1. The van der Waals surface area contributed by atoms with Gasteiger partial charge in [-0.2, -0.15) is 0 Å². The molecule has 1 aliphatic carbocycles. The monoisotopic (exact) mass is 410 g/mol. The van der Waals surface area contributed by atoms with Crippen LogP contribution in [-0.4, -0.2) is 9.55 Å². The van der Waals surface area contributed by atoms with E-state index in [0.717, 1.165) is 5.39 Å². The first-order valence-electron chi connectivity index (χ1n) is 11.2. The molecule has 32 heavy (non-hydrogen) atoms. The number of hydrogen-bond donors (Lipinski definition) is 0. The summed E-state index contributed by atoms with van der Waals surface area (Å²) in [7, 11) is 0. The number of rotatable bonds is 1. The van der Waals surface area contributed by atoms with Gasteiger partial charge in [-0.3, -0.25) is 4.98 Å². The molecule has 0 saturated heterocycles. The molecule has 0 aliphatic heterocycles. The van der Waals surface area contributed by atoms with Crippen molar-refractivity contribution in [2.75, 3.05) is 0 Å². The van der Waals surface area contributed by atoms with E-state index in [0.29, 0.717) is 0 Å². The van der Waals surface area contributed by atoms with Crippen LogP contribution in [0.4, 0.5) is 0 Å². The van der Waals surface area contributed by atoms with Crippen molar-refractivity contribution in [3.63, 3.8) is 0 Å². The van der Waals surface area contributed by atoms with E-state index >= 15 is 0 Å². The van der Waals surface area contributed by atoms with E-state index in [2.05, 4.69) is 108 Å². The Kier molecular flexibility index (Phi) is 3.37. The van der Waals surface area contributed by atoms with Gasteiger partial charge in [0.1, 0.15) is 0 Å². The molecule has 0 bridgehead atoms. The Hall–Kier alpha value is -3.91. The first-order valence-corrected chi connectivity index (χ1v) is 11.2. The van der Waals surface area contributed by atoms with Crippen LogP contribution in [0.25, 0.3) is 49.4 Å². The molecule has 2 heterocycles. The summed E-state index contributed by atoms with van der Waals surface area (Å²) in [6, 6.07) is 31.1. The van der Waals surface area contributed by atoms with E-state index in [4.69, 9.17) is 0 Å².